The molecule has 2 N–H and O–H groups in total. The van der Waals surface area contributed by atoms with Crippen LogP contribution in [0.1, 0.15) is 39.4 Å². The topological polar surface area (TPSA) is 88.5 Å². The van der Waals surface area contributed by atoms with Gasteiger partial charge in [0.25, 0.3) is 0 Å². The fourth-order valence-electron chi connectivity index (χ4n) is 6.41. The summed E-state index contributed by atoms with van der Waals surface area (Å²) in [5.74, 6) is 0.936. The molecule has 37 heavy (non-hydrogen) atoms. The summed E-state index contributed by atoms with van der Waals surface area (Å²) in [7, 11) is 4.97. The van der Waals surface area contributed by atoms with E-state index in [-0.39, 0.29) is 23.3 Å². The van der Waals surface area contributed by atoms with Crippen molar-refractivity contribution < 1.29 is 29.2 Å². The summed E-state index contributed by atoms with van der Waals surface area (Å²) >= 11 is 0. The van der Waals surface area contributed by atoms with Crippen LogP contribution in [0.25, 0.3) is 21.5 Å². The van der Waals surface area contributed by atoms with Crippen molar-refractivity contribution in [3.05, 3.63) is 70.8 Å². The van der Waals surface area contributed by atoms with Gasteiger partial charge < -0.3 is 24.4 Å². The van der Waals surface area contributed by atoms with Gasteiger partial charge in [-0.1, -0.05) is 18.2 Å². The minimum absolute atomic E-state index is 0.0182. The summed E-state index contributed by atoms with van der Waals surface area (Å²) < 4.78 is 16.8. The van der Waals surface area contributed by atoms with Gasteiger partial charge in [0, 0.05) is 19.1 Å². The number of nitrogens with zero attached hydrogens (tertiary/aromatic N) is 1. The number of rotatable bonds is 5. The van der Waals surface area contributed by atoms with Crippen molar-refractivity contribution in [2.45, 2.75) is 31.3 Å². The van der Waals surface area contributed by atoms with E-state index < -0.39 is 5.97 Å². The van der Waals surface area contributed by atoms with Gasteiger partial charge in [-0.05, 0) is 87.3 Å². The second kappa shape index (κ2) is 8.85. The number of fused-ring (bicyclic) bond motifs is 7. The number of phenols is 1. The van der Waals surface area contributed by atoms with Crippen LogP contribution in [-0.4, -0.2) is 55.0 Å². The van der Waals surface area contributed by atoms with E-state index in [1.807, 2.05) is 18.2 Å². The van der Waals surface area contributed by atoms with Crippen LogP contribution in [0.3, 0.4) is 0 Å². The Kier molecular flexibility index (Phi) is 5.60. The second-order valence-corrected chi connectivity index (χ2v) is 9.89. The van der Waals surface area contributed by atoms with Crippen LogP contribution in [0.4, 0.5) is 0 Å². The maximum Gasteiger partial charge on any atom is 0.339 e. The molecule has 4 aromatic rings. The Bertz CT molecular complexity index is 1560. The zero-order chi connectivity index (χ0) is 25.8. The third kappa shape index (κ3) is 3.64. The molecule has 7 heteroatoms. The monoisotopic (exact) mass is 499 g/mol. The number of ether oxygens (including phenoxy) is 3. The number of hydrogen-bond donors (Lipinski definition) is 2. The van der Waals surface area contributed by atoms with Crippen molar-refractivity contribution in [1.82, 2.24) is 4.90 Å². The molecule has 7 nitrogen and oxygen atoms in total. The summed E-state index contributed by atoms with van der Waals surface area (Å²) in [6.07, 6.45) is 1.68. The highest BCUT2D eigenvalue weighted by molar-refractivity contribution is 6.12. The first kappa shape index (κ1) is 23.4. The molecule has 0 spiro atoms. The number of carboxylic acids is 1. The van der Waals surface area contributed by atoms with Crippen LogP contribution < -0.4 is 14.2 Å². The molecular formula is C30H29NO6. The Hall–Kier alpha value is -3.97. The van der Waals surface area contributed by atoms with E-state index in [2.05, 4.69) is 23.1 Å². The average Bonchev–Trinajstić information content (AvgIpc) is 3.33. The van der Waals surface area contributed by atoms with Crippen LogP contribution in [0, 0.1) is 0 Å². The highest BCUT2D eigenvalue weighted by Gasteiger charge is 2.39. The quantitative estimate of drug-likeness (QED) is 0.359. The van der Waals surface area contributed by atoms with Crippen LogP contribution >= 0.6 is 0 Å². The highest BCUT2D eigenvalue weighted by Crippen LogP contribution is 2.46. The lowest BCUT2D eigenvalue weighted by molar-refractivity contribution is 0.0692. The third-order valence-corrected chi connectivity index (χ3v) is 8.11. The molecule has 1 saturated heterocycles. The molecule has 0 amide bonds. The first-order valence-corrected chi connectivity index (χ1v) is 12.4. The summed E-state index contributed by atoms with van der Waals surface area (Å²) in [4.78, 5) is 14.4. The number of aromatic hydroxyl groups is 1. The predicted octanol–water partition coefficient (Wildman–Crippen LogP) is 5.34. The zero-order valence-corrected chi connectivity index (χ0v) is 21.1. The average molecular weight is 500 g/mol. The van der Waals surface area contributed by atoms with Crippen LogP contribution in [0.5, 0.6) is 23.0 Å². The molecule has 2 unspecified atom stereocenters. The van der Waals surface area contributed by atoms with Gasteiger partial charge in [-0.25, -0.2) is 4.79 Å². The summed E-state index contributed by atoms with van der Waals surface area (Å²) in [6, 6.07) is 15.6. The highest BCUT2D eigenvalue weighted by atomic mass is 16.5. The molecule has 0 bridgehead atoms. The van der Waals surface area contributed by atoms with Crippen molar-refractivity contribution in [1.29, 1.82) is 0 Å². The van der Waals surface area contributed by atoms with Gasteiger partial charge in [0.15, 0.2) is 11.5 Å². The fourth-order valence-corrected chi connectivity index (χ4v) is 6.41. The van der Waals surface area contributed by atoms with Crippen LogP contribution in [-0.2, 0) is 13.0 Å². The Morgan fingerprint density at radius 3 is 2.32 bits per heavy atom. The lowest BCUT2D eigenvalue weighted by Crippen LogP contribution is -2.35. The molecule has 4 aromatic carbocycles. The normalized spacial score (nSPS) is 19.0. The van der Waals surface area contributed by atoms with Gasteiger partial charge >= 0.3 is 5.97 Å². The largest absolute Gasteiger partial charge is 0.507 e. The van der Waals surface area contributed by atoms with Gasteiger partial charge in [-0.15, -0.1) is 0 Å². The smallest absolute Gasteiger partial charge is 0.339 e. The summed E-state index contributed by atoms with van der Waals surface area (Å²) in [5, 5.41) is 24.6. The second-order valence-electron chi connectivity index (χ2n) is 9.89. The van der Waals surface area contributed by atoms with Crippen molar-refractivity contribution >= 4 is 27.5 Å². The molecule has 190 valence electrons. The molecular weight excluding hydrogens is 470 g/mol. The first-order chi connectivity index (χ1) is 17.9. The van der Waals surface area contributed by atoms with E-state index >= 15 is 0 Å². The lowest BCUT2D eigenvalue weighted by Gasteiger charge is -2.33. The van der Waals surface area contributed by atoms with E-state index in [9.17, 15) is 15.0 Å². The van der Waals surface area contributed by atoms with Crippen molar-refractivity contribution in [3.63, 3.8) is 0 Å². The number of carboxylic acid groups (broad SMARTS) is 1. The SMILES string of the molecule is COc1ccc2c3c(c4cc(OC)c(OC)cc4c2c1)CC1CC(c2cccc(O)c2C(=O)O)CN1C3. The third-order valence-electron chi connectivity index (χ3n) is 8.11. The van der Waals surface area contributed by atoms with Crippen molar-refractivity contribution in [2.24, 2.45) is 0 Å². The number of carbonyl (C=O) groups is 1. The molecule has 1 fully saturated rings. The Morgan fingerprint density at radius 1 is 0.892 bits per heavy atom. The summed E-state index contributed by atoms with van der Waals surface area (Å²) in [5.41, 5.74) is 3.30. The maximum atomic E-state index is 11.9. The van der Waals surface area contributed by atoms with Gasteiger partial charge in [0.05, 0.1) is 21.3 Å². The molecule has 2 heterocycles. The number of aromatic carboxylic acids is 1. The molecule has 2 aliphatic heterocycles. The van der Waals surface area contributed by atoms with Crippen molar-refractivity contribution in [2.75, 3.05) is 27.9 Å². The zero-order valence-electron chi connectivity index (χ0n) is 21.1. The molecule has 6 rings (SSSR count). The maximum absolute atomic E-state index is 11.9. The van der Waals surface area contributed by atoms with E-state index in [1.54, 1.807) is 27.4 Å². The van der Waals surface area contributed by atoms with E-state index in [0.717, 1.165) is 47.8 Å². The molecule has 0 aromatic heterocycles. The molecule has 2 atom stereocenters. The van der Waals surface area contributed by atoms with Gasteiger partial charge in [-0.2, -0.15) is 0 Å². The first-order valence-electron chi connectivity index (χ1n) is 12.4. The minimum Gasteiger partial charge on any atom is -0.507 e. The molecule has 0 saturated carbocycles. The van der Waals surface area contributed by atoms with Crippen molar-refractivity contribution in [3.8, 4) is 23.0 Å². The fraction of sp³-hybridized carbons (Fsp3) is 0.300. The van der Waals surface area contributed by atoms with E-state index in [1.165, 1.54) is 22.6 Å². The standard InChI is InChI=1S/C30H29NO6/c1-35-18-7-8-20-22(11-18)24-13-28(37-3)27(36-2)12-23(24)21-10-17-9-16(14-31(17)15-25(20)21)19-5-4-6-26(32)29(19)30(33)34/h4-8,11-13,16-17,32H,9-10,14-15H2,1-3H3,(H,33,34). The van der Waals surface area contributed by atoms with E-state index in [0.29, 0.717) is 17.1 Å². The van der Waals surface area contributed by atoms with E-state index in [4.69, 9.17) is 14.2 Å². The predicted molar refractivity (Wildman–Crippen MR) is 141 cm³/mol. The van der Waals surface area contributed by atoms with Crippen LogP contribution in [0.15, 0.2) is 48.5 Å². The molecule has 0 aliphatic carbocycles. The van der Waals surface area contributed by atoms with Gasteiger partial charge in [-0.3, -0.25) is 4.90 Å². The number of methoxy groups -OCH3 is 3. The molecule has 0 radical (unpaired) electrons. The Labute approximate surface area is 214 Å². The summed E-state index contributed by atoms with van der Waals surface area (Å²) in [6.45, 7) is 1.51. The minimum atomic E-state index is -1.09. The lowest BCUT2D eigenvalue weighted by atomic mass is 9.84. The van der Waals surface area contributed by atoms with Gasteiger partial charge in [0.2, 0.25) is 0 Å². The Morgan fingerprint density at radius 2 is 1.62 bits per heavy atom. The Balaban J connectivity index is 1.49. The molecule has 2 aliphatic rings. The number of benzene rings is 4. The number of hydrogen-bond acceptors (Lipinski definition) is 6. The van der Waals surface area contributed by atoms with Gasteiger partial charge in [0.1, 0.15) is 17.1 Å². The van der Waals surface area contributed by atoms with Crippen LogP contribution in [0.2, 0.25) is 0 Å².